The number of nitrogens with one attached hydrogen (secondary N) is 2. The molecule has 40 heavy (non-hydrogen) atoms. The van der Waals surface area contributed by atoms with Crippen molar-refractivity contribution in [2.75, 3.05) is 26.0 Å². The van der Waals surface area contributed by atoms with Gasteiger partial charge in [0.1, 0.15) is 11.2 Å². The average molecular weight is 610 g/mol. The Labute approximate surface area is 235 Å². The van der Waals surface area contributed by atoms with E-state index in [1.165, 1.54) is 50.5 Å². The van der Waals surface area contributed by atoms with Crippen molar-refractivity contribution < 1.29 is 31.2 Å². The number of rotatable bonds is 8. The van der Waals surface area contributed by atoms with Crippen LogP contribution < -0.4 is 10.0 Å². The molecule has 0 aliphatic carbocycles. The number of aryl methyl sites for hydroxylation is 1. The first-order valence-corrected chi connectivity index (χ1v) is 14.9. The fourth-order valence-electron chi connectivity index (χ4n) is 3.75. The van der Waals surface area contributed by atoms with Crippen LogP contribution in [-0.4, -0.2) is 74.3 Å². The zero-order valence-electron chi connectivity index (χ0n) is 21.6. The second-order valence-corrected chi connectivity index (χ2v) is 12.7. The topological polar surface area (TPSA) is 182 Å². The van der Waals surface area contributed by atoms with E-state index in [1.807, 2.05) is 0 Å². The number of hydrogen-bond acceptors (Lipinski definition) is 10. The van der Waals surface area contributed by atoms with E-state index >= 15 is 0 Å². The van der Waals surface area contributed by atoms with Gasteiger partial charge in [-0.2, -0.15) is 0 Å². The molecule has 1 aliphatic heterocycles. The molecule has 2 aromatic carbocycles. The van der Waals surface area contributed by atoms with Crippen LogP contribution in [0, 0.1) is 6.92 Å². The van der Waals surface area contributed by atoms with Gasteiger partial charge in [0, 0.05) is 17.8 Å². The van der Waals surface area contributed by atoms with E-state index in [0.29, 0.717) is 5.56 Å². The molecule has 14 nitrogen and oxygen atoms in total. The summed E-state index contributed by atoms with van der Waals surface area (Å²) in [6.07, 6.45) is 1.06. The van der Waals surface area contributed by atoms with Crippen molar-refractivity contribution in [2.24, 2.45) is 4.99 Å². The summed E-state index contributed by atoms with van der Waals surface area (Å²) in [6.45, 7) is 3.29. The monoisotopic (exact) mass is 609 g/mol. The van der Waals surface area contributed by atoms with E-state index in [0.717, 1.165) is 15.3 Å². The Kier molecular flexibility index (Phi) is 7.98. The van der Waals surface area contributed by atoms with Gasteiger partial charge in [-0.15, -0.1) is 5.10 Å². The molecule has 17 heteroatoms. The minimum absolute atomic E-state index is 0.0272. The molecule has 1 aromatic heterocycles. The Morgan fingerprint density at radius 3 is 2.58 bits per heavy atom. The molecule has 0 bridgehead atoms. The number of nitrogens with zero attached hydrogens (tertiary/aromatic N) is 5. The van der Waals surface area contributed by atoms with Gasteiger partial charge < -0.3 is 10.1 Å². The molecule has 0 radical (unpaired) electrons. The highest BCUT2D eigenvalue weighted by molar-refractivity contribution is 7.90. The molecule has 4 rings (SSSR count). The maximum Gasteiger partial charge on any atom is 0.378 e. The fraction of sp³-hybridized carbons (Fsp3) is 0.261. The molecular weight excluding hydrogens is 586 g/mol. The summed E-state index contributed by atoms with van der Waals surface area (Å²) < 4.78 is 60.3. The first kappa shape index (κ1) is 29.1. The summed E-state index contributed by atoms with van der Waals surface area (Å²) in [6, 6.07) is 6.61. The molecule has 2 N–H and O–H groups in total. The van der Waals surface area contributed by atoms with Gasteiger partial charge in [0.25, 0.3) is 21.8 Å². The van der Waals surface area contributed by atoms with Crippen molar-refractivity contribution in [1.29, 1.82) is 0 Å². The highest BCUT2D eigenvalue weighted by atomic mass is 35.5. The Bertz CT molecular complexity index is 1750. The predicted octanol–water partition coefficient (Wildman–Crippen LogP) is 1.87. The third kappa shape index (κ3) is 5.42. The van der Waals surface area contributed by atoms with E-state index in [1.54, 1.807) is 13.8 Å². The lowest BCUT2D eigenvalue weighted by Gasteiger charge is -2.30. The summed E-state index contributed by atoms with van der Waals surface area (Å²) in [5.74, 6) is -2.34. The summed E-state index contributed by atoms with van der Waals surface area (Å²) in [7, 11) is -5.60. The summed E-state index contributed by atoms with van der Waals surface area (Å²) >= 11 is 6.01. The number of likely N-dealkylation sites (N-methyl/N-ethyl adjacent to an activating group) is 1. The lowest BCUT2D eigenvalue weighted by molar-refractivity contribution is -0.117. The number of sulfonamides is 2. The maximum absolute atomic E-state index is 13.8. The Hall–Kier alpha value is -3.86. The van der Waals surface area contributed by atoms with E-state index in [-0.39, 0.29) is 44.5 Å². The smallest absolute Gasteiger partial charge is 0.378 e. The minimum Gasteiger partial charge on any atom is -0.460 e. The number of aliphatic imine (C=N–C) groups is 1. The van der Waals surface area contributed by atoms with Crippen LogP contribution in [0.3, 0.4) is 0 Å². The number of halogens is 1. The van der Waals surface area contributed by atoms with Crippen molar-refractivity contribution in [3.8, 4) is 0 Å². The highest BCUT2D eigenvalue weighted by Crippen LogP contribution is 2.36. The quantitative estimate of drug-likeness (QED) is 0.360. The molecular formula is C23H24ClN7O7S2. The number of benzene rings is 2. The molecule has 212 valence electrons. The molecule has 0 saturated heterocycles. The van der Waals surface area contributed by atoms with E-state index in [2.05, 4.69) is 25.1 Å². The molecule has 0 saturated carbocycles. The van der Waals surface area contributed by atoms with Gasteiger partial charge in [-0.3, -0.25) is 9.10 Å². The molecule has 0 spiro atoms. The van der Waals surface area contributed by atoms with Gasteiger partial charge in [0.2, 0.25) is 10.0 Å². The van der Waals surface area contributed by atoms with Crippen molar-refractivity contribution in [1.82, 2.24) is 23.8 Å². The summed E-state index contributed by atoms with van der Waals surface area (Å²) in [5.41, 5.74) is 0.671. The largest absolute Gasteiger partial charge is 0.460 e. The number of anilines is 1. The van der Waals surface area contributed by atoms with Crippen LogP contribution in [0.4, 0.5) is 11.4 Å². The molecule has 1 amide bonds. The van der Waals surface area contributed by atoms with Crippen LogP contribution in [-0.2, 0) is 29.6 Å². The molecule has 2 heterocycles. The van der Waals surface area contributed by atoms with Crippen LogP contribution in [0.25, 0.3) is 0 Å². The van der Waals surface area contributed by atoms with Crippen molar-refractivity contribution in [3.63, 3.8) is 0 Å². The van der Waals surface area contributed by atoms with Crippen molar-refractivity contribution in [3.05, 3.63) is 59.1 Å². The maximum atomic E-state index is 13.8. The third-order valence-corrected chi connectivity index (χ3v) is 9.33. The third-order valence-electron chi connectivity index (χ3n) is 5.89. The van der Waals surface area contributed by atoms with Gasteiger partial charge in [0.15, 0.2) is 11.9 Å². The Morgan fingerprint density at radius 2 is 1.90 bits per heavy atom. The number of aromatic nitrogens is 3. The van der Waals surface area contributed by atoms with Gasteiger partial charge in [0.05, 0.1) is 17.2 Å². The second-order valence-electron chi connectivity index (χ2n) is 8.40. The summed E-state index contributed by atoms with van der Waals surface area (Å²) in [5, 5.41) is 6.85. The van der Waals surface area contributed by atoms with Gasteiger partial charge in [-0.1, -0.05) is 17.7 Å². The Balaban J connectivity index is 1.85. The van der Waals surface area contributed by atoms with Crippen LogP contribution in [0.5, 0.6) is 0 Å². The predicted molar refractivity (Wildman–Crippen MR) is 145 cm³/mol. The van der Waals surface area contributed by atoms with Crippen LogP contribution in [0.1, 0.15) is 29.1 Å². The van der Waals surface area contributed by atoms with E-state index in [9.17, 15) is 26.4 Å². The highest BCUT2D eigenvalue weighted by Gasteiger charge is 2.40. The standard InChI is InChI=1S/C23H24ClN7O7S2/c1-5-38-23(33)20-26-12-31(29-20)19(21-27-16-9-7-14(24)10-18(16)40(36,37)30(21)4)22(32)28-17-11-15(8-6-13(17)2)39(34,35)25-3/h6-12,19,25H,5H2,1-4H3,(H,28,32). The number of fused-ring (bicyclic) bond motifs is 1. The van der Waals surface area contributed by atoms with Crippen molar-refractivity contribution >= 4 is 60.7 Å². The zero-order chi connectivity index (χ0) is 29.4. The zero-order valence-corrected chi connectivity index (χ0v) is 24.0. The summed E-state index contributed by atoms with van der Waals surface area (Å²) in [4.78, 5) is 34.1. The molecule has 0 fully saturated rings. The van der Waals surface area contributed by atoms with E-state index in [4.69, 9.17) is 16.3 Å². The SMILES string of the molecule is CCOC(=O)c1ncn(C(C(=O)Nc2cc(S(=O)(=O)NC)ccc2C)C2=Nc3ccc(Cl)cc3S(=O)(=O)N2C)n1. The van der Waals surface area contributed by atoms with Crippen LogP contribution in [0.15, 0.2) is 57.5 Å². The lowest BCUT2D eigenvalue weighted by atomic mass is 10.1. The van der Waals surface area contributed by atoms with E-state index < -0.39 is 38.0 Å². The van der Waals surface area contributed by atoms with Gasteiger partial charge >= 0.3 is 5.97 Å². The lowest BCUT2D eigenvalue weighted by Crippen LogP contribution is -2.45. The number of hydrogen-bond donors (Lipinski definition) is 2. The van der Waals surface area contributed by atoms with Crippen LogP contribution in [0.2, 0.25) is 5.02 Å². The number of carbonyl (C=O) groups is 2. The second kappa shape index (κ2) is 11.0. The number of esters is 1. The number of carbonyl (C=O) groups excluding carboxylic acids is 2. The number of ether oxygens (including phenoxy) is 1. The number of amidine groups is 1. The van der Waals surface area contributed by atoms with Crippen LogP contribution >= 0.6 is 11.6 Å². The van der Waals surface area contributed by atoms with Gasteiger partial charge in [-0.05, 0) is 56.8 Å². The Morgan fingerprint density at radius 1 is 1.18 bits per heavy atom. The molecule has 1 atom stereocenters. The normalized spacial score (nSPS) is 15.1. The van der Waals surface area contributed by atoms with Crippen molar-refractivity contribution in [2.45, 2.75) is 29.7 Å². The fourth-order valence-corrected chi connectivity index (χ4v) is 6.08. The number of amides is 1. The molecule has 1 unspecified atom stereocenters. The molecule has 3 aromatic rings. The average Bonchev–Trinajstić information content (AvgIpc) is 3.39. The first-order chi connectivity index (χ1) is 18.8. The van der Waals surface area contributed by atoms with Gasteiger partial charge in [-0.25, -0.2) is 41.0 Å². The first-order valence-electron chi connectivity index (χ1n) is 11.6. The molecule has 1 aliphatic rings. The minimum atomic E-state index is -4.21.